The lowest BCUT2D eigenvalue weighted by molar-refractivity contribution is -0.150. The number of aromatic nitrogens is 2. The first kappa shape index (κ1) is 24.0. The van der Waals surface area contributed by atoms with Gasteiger partial charge < -0.3 is 10.1 Å². The number of amides is 4. The molecule has 2 N–H and O–H groups in total. The molecule has 1 aromatic heterocycles. The Hall–Kier alpha value is -2.69. The number of thioether (sulfide) groups is 1. The zero-order valence-corrected chi connectivity index (χ0v) is 19.6. The number of nitrogens with zero attached hydrogens (tertiary/aromatic N) is 3. The smallest absolute Gasteiger partial charge is 0.344 e. The third kappa shape index (κ3) is 5.20. The minimum atomic E-state index is -0.947. The van der Waals surface area contributed by atoms with Crippen molar-refractivity contribution in [2.24, 2.45) is 5.92 Å². The Morgan fingerprint density at radius 3 is 2.44 bits per heavy atom. The minimum Gasteiger partial charge on any atom is -0.455 e. The van der Waals surface area contributed by atoms with Crippen molar-refractivity contribution in [3.05, 3.63) is 17.0 Å². The maximum Gasteiger partial charge on any atom is 0.344 e. The Balaban J connectivity index is 1.47. The highest BCUT2D eigenvalue weighted by Crippen LogP contribution is 2.35. The van der Waals surface area contributed by atoms with Crippen molar-refractivity contribution in [1.29, 1.82) is 0 Å². The molecule has 1 saturated carbocycles. The van der Waals surface area contributed by atoms with Gasteiger partial charge in [-0.25, -0.2) is 14.8 Å². The Kier molecular flexibility index (Phi) is 7.37. The van der Waals surface area contributed by atoms with Gasteiger partial charge in [0.25, 0.3) is 11.8 Å². The number of hydrazine groups is 1. The van der Waals surface area contributed by atoms with E-state index >= 15 is 0 Å². The third-order valence-electron chi connectivity index (χ3n) is 6.05. The van der Waals surface area contributed by atoms with Crippen LogP contribution in [0, 0.1) is 19.8 Å². The van der Waals surface area contributed by atoms with Crippen LogP contribution >= 0.6 is 11.8 Å². The molecule has 0 aromatic carbocycles. The molecule has 1 spiro atoms. The summed E-state index contributed by atoms with van der Waals surface area (Å²) in [4.78, 5) is 58.0. The van der Waals surface area contributed by atoms with Crippen molar-refractivity contribution >= 4 is 35.6 Å². The van der Waals surface area contributed by atoms with Crippen LogP contribution in [-0.4, -0.2) is 57.2 Å². The molecule has 3 rings (SSSR count). The van der Waals surface area contributed by atoms with Crippen LogP contribution in [0.25, 0.3) is 0 Å². The summed E-state index contributed by atoms with van der Waals surface area (Å²) in [6.45, 7) is 5.25. The molecular formula is C21H29N5O5S. The van der Waals surface area contributed by atoms with Gasteiger partial charge in [-0.3, -0.25) is 19.8 Å². The highest BCUT2D eigenvalue weighted by Gasteiger charge is 2.52. The van der Waals surface area contributed by atoms with Crippen molar-refractivity contribution in [3.8, 4) is 0 Å². The first-order valence-electron chi connectivity index (χ1n) is 10.6. The van der Waals surface area contributed by atoms with Gasteiger partial charge in [0.1, 0.15) is 5.54 Å². The summed E-state index contributed by atoms with van der Waals surface area (Å²) in [6.07, 6.45) is 5.08. The summed E-state index contributed by atoms with van der Waals surface area (Å²) in [5.41, 5.74) is 3.78. The zero-order chi connectivity index (χ0) is 23.5. The SMILES string of the molecule is CSc1nc(C)c(CCC(=O)OCC(=O)NN2C(=O)NC3(CCC(C)CC3)C2=O)c(C)n1. The fourth-order valence-electron chi connectivity index (χ4n) is 4.08. The molecular weight excluding hydrogens is 434 g/mol. The van der Waals surface area contributed by atoms with Gasteiger partial charge in [-0.15, -0.1) is 0 Å². The summed E-state index contributed by atoms with van der Waals surface area (Å²) in [7, 11) is 0. The van der Waals surface area contributed by atoms with E-state index < -0.39 is 36.0 Å². The molecule has 0 unspecified atom stereocenters. The number of urea groups is 1. The monoisotopic (exact) mass is 463 g/mol. The van der Waals surface area contributed by atoms with Crippen LogP contribution in [0.15, 0.2) is 5.16 Å². The summed E-state index contributed by atoms with van der Waals surface area (Å²) < 4.78 is 5.02. The second-order valence-corrected chi connectivity index (χ2v) is 9.16. The van der Waals surface area contributed by atoms with Crippen molar-refractivity contribution < 1.29 is 23.9 Å². The number of rotatable bonds is 7. The normalized spacial score (nSPS) is 22.8. The topological polar surface area (TPSA) is 131 Å². The van der Waals surface area contributed by atoms with Crippen molar-refractivity contribution in [2.75, 3.05) is 12.9 Å². The van der Waals surface area contributed by atoms with E-state index in [1.54, 1.807) is 0 Å². The van der Waals surface area contributed by atoms with Crippen LogP contribution in [0.4, 0.5) is 4.79 Å². The summed E-state index contributed by atoms with van der Waals surface area (Å²) in [5, 5.41) is 4.09. The maximum absolute atomic E-state index is 12.7. The molecule has 1 saturated heterocycles. The van der Waals surface area contributed by atoms with Crippen LogP contribution in [-0.2, 0) is 25.5 Å². The van der Waals surface area contributed by atoms with E-state index in [0.29, 0.717) is 35.3 Å². The fraction of sp³-hybridized carbons (Fsp3) is 0.619. The first-order chi connectivity index (χ1) is 15.1. The van der Waals surface area contributed by atoms with Crippen molar-refractivity contribution in [2.45, 2.75) is 70.0 Å². The molecule has 0 radical (unpaired) electrons. The number of aryl methyl sites for hydroxylation is 2. The van der Waals surface area contributed by atoms with Gasteiger partial charge in [-0.2, -0.15) is 5.01 Å². The highest BCUT2D eigenvalue weighted by molar-refractivity contribution is 7.98. The third-order valence-corrected chi connectivity index (χ3v) is 6.60. The van der Waals surface area contributed by atoms with Gasteiger partial charge in [0.2, 0.25) is 0 Å². The Morgan fingerprint density at radius 2 is 1.84 bits per heavy atom. The molecule has 0 atom stereocenters. The van der Waals surface area contributed by atoms with E-state index in [0.717, 1.165) is 29.8 Å². The van der Waals surface area contributed by atoms with Crippen molar-refractivity contribution in [3.63, 3.8) is 0 Å². The van der Waals surface area contributed by atoms with Gasteiger partial charge in [-0.1, -0.05) is 18.7 Å². The fourth-order valence-corrected chi connectivity index (χ4v) is 4.54. The summed E-state index contributed by atoms with van der Waals surface area (Å²) in [6, 6.07) is -0.663. The maximum atomic E-state index is 12.7. The number of imide groups is 1. The molecule has 11 heteroatoms. The molecule has 1 aliphatic carbocycles. The number of hydrogen-bond donors (Lipinski definition) is 2. The Labute approximate surface area is 191 Å². The standard InChI is InChI=1S/C21H29N5O5S/c1-12-7-9-21(10-8-12)18(29)26(20(30)24-21)25-16(27)11-31-17(28)6-5-15-13(2)22-19(32-4)23-14(15)3/h12H,5-11H2,1-4H3,(H,24,30)(H,25,27). The van der Waals surface area contributed by atoms with Crippen LogP contribution < -0.4 is 10.7 Å². The zero-order valence-electron chi connectivity index (χ0n) is 18.8. The second-order valence-electron chi connectivity index (χ2n) is 8.39. The average molecular weight is 464 g/mol. The van der Waals surface area contributed by atoms with E-state index in [9.17, 15) is 19.2 Å². The van der Waals surface area contributed by atoms with Crippen LogP contribution in [0.5, 0.6) is 0 Å². The van der Waals surface area contributed by atoms with E-state index in [1.165, 1.54) is 11.8 Å². The summed E-state index contributed by atoms with van der Waals surface area (Å²) in [5.74, 6) is -1.28. The minimum absolute atomic E-state index is 0.0569. The van der Waals surface area contributed by atoms with E-state index in [4.69, 9.17) is 4.74 Å². The second kappa shape index (κ2) is 9.85. The molecule has 1 aromatic rings. The Bertz CT molecular complexity index is 906. The molecule has 10 nitrogen and oxygen atoms in total. The van der Waals surface area contributed by atoms with E-state index in [-0.39, 0.29) is 6.42 Å². The molecule has 174 valence electrons. The lowest BCUT2D eigenvalue weighted by Gasteiger charge is -2.33. The van der Waals surface area contributed by atoms with E-state index in [2.05, 4.69) is 27.6 Å². The molecule has 32 heavy (non-hydrogen) atoms. The lowest BCUT2D eigenvalue weighted by atomic mass is 9.77. The molecule has 1 aliphatic heterocycles. The molecule has 0 bridgehead atoms. The molecule has 4 amide bonds. The van der Waals surface area contributed by atoms with Gasteiger partial charge in [0.05, 0.1) is 0 Å². The highest BCUT2D eigenvalue weighted by atomic mass is 32.2. The van der Waals surface area contributed by atoms with Gasteiger partial charge in [0.15, 0.2) is 11.8 Å². The van der Waals surface area contributed by atoms with Gasteiger partial charge >= 0.3 is 12.0 Å². The number of carbonyl (C=O) groups excluding carboxylic acids is 4. The largest absolute Gasteiger partial charge is 0.455 e. The first-order valence-corrected chi connectivity index (χ1v) is 11.9. The van der Waals surface area contributed by atoms with Gasteiger partial charge in [-0.05, 0) is 63.7 Å². The molecule has 2 fully saturated rings. The molecule has 2 heterocycles. The number of ether oxygens (including phenoxy) is 1. The van der Waals surface area contributed by atoms with E-state index in [1.807, 2.05) is 20.1 Å². The van der Waals surface area contributed by atoms with Crippen LogP contribution in [0.1, 0.15) is 56.0 Å². The van der Waals surface area contributed by atoms with Crippen LogP contribution in [0.2, 0.25) is 0 Å². The van der Waals surface area contributed by atoms with Gasteiger partial charge in [0, 0.05) is 17.8 Å². The number of carbonyl (C=O) groups is 4. The number of hydrogen-bond acceptors (Lipinski definition) is 8. The lowest BCUT2D eigenvalue weighted by Crippen LogP contribution is -2.52. The average Bonchev–Trinajstić information content (AvgIpc) is 2.97. The molecule has 2 aliphatic rings. The van der Waals surface area contributed by atoms with Crippen LogP contribution in [0.3, 0.4) is 0 Å². The predicted molar refractivity (Wildman–Crippen MR) is 116 cm³/mol. The predicted octanol–water partition coefficient (Wildman–Crippen LogP) is 1.82. The number of nitrogens with one attached hydrogen (secondary N) is 2. The summed E-state index contributed by atoms with van der Waals surface area (Å²) >= 11 is 1.45. The number of esters is 1. The van der Waals surface area contributed by atoms with Crippen molar-refractivity contribution in [1.82, 2.24) is 25.7 Å². The quantitative estimate of drug-likeness (QED) is 0.271. The Morgan fingerprint density at radius 1 is 1.22 bits per heavy atom.